The molecule has 0 saturated heterocycles. The fraction of sp³-hybridized carbons (Fsp3) is 0.0833. The molecule has 0 radical (unpaired) electrons. The van der Waals surface area contributed by atoms with E-state index in [-0.39, 0.29) is 34.9 Å². The maximum absolute atomic E-state index is 13.8. The minimum Gasteiger partial charge on any atom is -0.507 e. The van der Waals surface area contributed by atoms with Gasteiger partial charge >= 0.3 is 5.97 Å². The lowest BCUT2D eigenvalue weighted by atomic mass is 9.89. The van der Waals surface area contributed by atoms with Gasteiger partial charge in [0.05, 0.1) is 29.6 Å². The smallest absolute Gasteiger partial charge is 0.308 e. The van der Waals surface area contributed by atoms with Gasteiger partial charge in [-0.15, -0.1) is 0 Å². The quantitative estimate of drug-likeness (QED) is 0.489. The van der Waals surface area contributed by atoms with Crippen LogP contribution in [0.4, 0.5) is 5.69 Å². The number of pyridine rings is 1. The number of ketones is 2. The van der Waals surface area contributed by atoms with Crippen LogP contribution in [0.3, 0.4) is 0 Å². The van der Waals surface area contributed by atoms with Crippen molar-refractivity contribution in [3.8, 4) is 17.2 Å². The number of fused-ring (bicyclic) bond motifs is 2. The highest BCUT2D eigenvalue weighted by Gasteiger charge is 2.43. The Labute approximate surface area is 182 Å². The van der Waals surface area contributed by atoms with Crippen molar-refractivity contribution in [2.45, 2.75) is 13.5 Å². The lowest BCUT2D eigenvalue weighted by molar-refractivity contribution is -0.131. The Morgan fingerprint density at radius 1 is 1.06 bits per heavy atom. The van der Waals surface area contributed by atoms with E-state index in [4.69, 9.17) is 9.47 Å². The number of benzene rings is 2. The largest absolute Gasteiger partial charge is 0.507 e. The van der Waals surface area contributed by atoms with Crippen molar-refractivity contribution in [3.63, 3.8) is 0 Å². The zero-order valence-electron chi connectivity index (χ0n) is 16.9. The lowest BCUT2D eigenvalue weighted by Crippen LogP contribution is -2.34. The third-order valence-corrected chi connectivity index (χ3v) is 5.23. The van der Waals surface area contributed by atoms with Gasteiger partial charge in [-0.1, -0.05) is 18.2 Å². The molecule has 8 heteroatoms. The Hall–Kier alpha value is -4.46. The molecule has 1 aromatic heterocycles. The number of aromatic nitrogens is 1. The third kappa shape index (κ3) is 3.01. The molecular formula is C24H16N2O6. The number of carbonyl (C=O) groups excluding carboxylic acids is 3. The fourth-order valence-electron chi connectivity index (χ4n) is 3.88. The van der Waals surface area contributed by atoms with Crippen molar-refractivity contribution >= 4 is 23.2 Å². The molecule has 1 N–H and O–H groups in total. The normalized spacial score (nSPS) is 14.7. The van der Waals surface area contributed by atoms with Crippen LogP contribution in [0.25, 0.3) is 0 Å². The number of ether oxygens (including phenoxy) is 2. The summed E-state index contributed by atoms with van der Waals surface area (Å²) in [5.41, 5.74) is 0.843. The minimum atomic E-state index is -0.688. The molecule has 0 unspecified atom stereocenters. The van der Waals surface area contributed by atoms with Crippen LogP contribution in [0.15, 0.2) is 72.4 Å². The predicted molar refractivity (Wildman–Crippen MR) is 113 cm³/mol. The number of hydrogen-bond acceptors (Lipinski definition) is 8. The van der Waals surface area contributed by atoms with Gasteiger partial charge in [-0.25, -0.2) is 0 Å². The van der Waals surface area contributed by atoms with E-state index in [2.05, 4.69) is 4.98 Å². The van der Waals surface area contributed by atoms with E-state index in [1.165, 1.54) is 19.1 Å². The van der Waals surface area contributed by atoms with E-state index in [0.29, 0.717) is 11.4 Å². The van der Waals surface area contributed by atoms with Crippen LogP contribution >= 0.6 is 0 Å². The molecule has 0 bridgehead atoms. The van der Waals surface area contributed by atoms with Crippen molar-refractivity contribution in [1.29, 1.82) is 0 Å². The topological polar surface area (TPSA) is 106 Å². The van der Waals surface area contributed by atoms with E-state index in [1.54, 1.807) is 41.6 Å². The van der Waals surface area contributed by atoms with Gasteiger partial charge in [-0.3, -0.25) is 19.4 Å². The van der Waals surface area contributed by atoms with Gasteiger partial charge in [0, 0.05) is 18.7 Å². The SMILES string of the molecule is CC(=O)Oc1ccc(O)c2c1C(=O)C1=C(Oc3ccccc3CN1c1cccnc1)C2=O. The first-order valence-corrected chi connectivity index (χ1v) is 9.77. The number of anilines is 1. The molecular weight excluding hydrogens is 412 g/mol. The van der Waals surface area contributed by atoms with E-state index >= 15 is 0 Å². The monoisotopic (exact) mass is 428 g/mol. The van der Waals surface area contributed by atoms with Crippen LogP contribution in [0, 0.1) is 0 Å². The molecule has 2 heterocycles. The van der Waals surface area contributed by atoms with E-state index in [0.717, 1.165) is 5.56 Å². The number of phenolic OH excluding ortho intramolecular Hbond substituents is 1. The average Bonchev–Trinajstić information content (AvgIpc) is 2.96. The van der Waals surface area contributed by atoms with Gasteiger partial charge in [-0.05, 0) is 30.3 Å². The Morgan fingerprint density at radius 3 is 2.62 bits per heavy atom. The third-order valence-electron chi connectivity index (χ3n) is 5.23. The van der Waals surface area contributed by atoms with Gasteiger partial charge in [0.25, 0.3) is 0 Å². The van der Waals surface area contributed by atoms with Crippen molar-refractivity contribution in [3.05, 3.63) is 89.1 Å². The summed E-state index contributed by atoms with van der Waals surface area (Å²) in [5.74, 6) is -2.27. The second kappa shape index (κ2) is 7.35. The summed E-state index contributed by atoms with van der Waals surface area (Å²) in [7, 11) is 0. The summed E-state index contributed by atoms with van der Waals surface area (Å²) in [6.45, 7) is 1.42. The molecule has 3 aromatic rings. The number of aromatic hydroxyl groups is 1. The van der Waals surface area contributed by atoms with Crippen LogP contribution in [-0.4, -0.2) is 27.6 Å². The summed E-state index contributed by atoms with van der Waals surface area (Å²) in [6.07, 6.45) is 3.17. The number of phenols is 1. The first-order valence-electron chi connectivity index (χ1n) is 9.77. The van der Waals surface area contributed by atoms with E-state index in [9.17, 15) is 19.5 Å². The van der Waals surface area contributed by atoms with Crippen LogP contribution in [-0.2, 0) is 11.3 Å². The van der Waals surface area contributed by atoms with Crippen molar-refractivity contribution < 1.29 is 29.0 Å². The molecule has 1 aliphatic carbocycles. The molecule has 1 aliphatic heterocycles. The number of nitrogens with zero attached hydrogens (tertiary/aromatic N) is 2. The fourth-order valence-corrected chi connectivity index (χ4v) is 3.88. The number of hydrogen-bond donors (Lipinski definition) is 1. The summed E-state index contributed by atoms with van der Waals surface area (Å²) in [4.78, 5) is 44.7. The second-order valence-electron chi connectivity index (χ2n) is 7.27. The number of carbonyl (C=O) groups is 3. The highest BCUT2D eigenvalue weighted by atomic mass is 16.5. The highest BCUT2D eigenvalue weighted by molar-refractivity contribution is 6.29. The van der Waals surface area contributed by atoms with E-state index < -0.39 is 23.3 Å². The Balaban J connectivity index is 1.77. The summed E-state index contributed by atoms with van der Waals surface area (Å²) in [6, 6.07) is 13.1. The first kappa shape index (κ1) is 19.5. The lowest BCUT2D eigenvalue weighted by Gasteiger charge is -2.29. The van der Waals surface area contributed by atoms with Crippen molar-refractivity contribution in [2.24, 2.45) is 0 Å². The summed E-state index contributed by atoms with van der Waals surface area (Å²) < 4.78 is 11.1. The molecule has 5 rings (SSSR count). The number of Topliss-reactive ketones (excluding diaryl/α,β-unsaturated/α-hetero) is 2. The molecule has 0 spiro atoms. The number of allylic oxidation sites excluding steroid dienone is 2. The van der Waals surface area contributed by atoms with Crippen LogP contribution in [0.2, 0.25) is 0 Å². The Bertz CT molecular complexity index is 1330. The van der Waals surface area contributed by atoms with Crippen LogP contribution in [0.1, 0.15) is 33.2 Å². The zero-order chi connectivity index (χ0) is 22.4. The van der Waals surface area contributed by atoms with Crippen LogP contribution < -0.4 is 14.4 Å². The standard InChI is InChI=1S/C24H16N2O6/c1-13(27)31-18-9-8-16(28)19-20(18)22(29)21-24(23(19)30)32-17-7-3-2-5-14(17)12-26(21)15-6-4-10-25-11-15/h2-11,28H,12H2,1H3. The minimum absolute atomic E-state index is 0.0225. The van der Waals surface area contributed by atoms with Gasteiger partial charge in [0.2, 0.25) is 17.3 Å². The molecule has 158 valence electrons. The maximum atomic E-state index is 13.8. The molecule has 32 heavy (non-hydrogen) atoms. The van der Waals surface area contributed by atoms with Crippen molar-refractivity contribution in [1.82, 2.24) is 4.98 Å². The Kier molecular flexibility index (Phi) is 4.48. The van der Waals surface area contributed by atoms with Gasteiger partial charge in [0.15, 0.2) is 0 Å². The van der Waals surface area contributed by atoms with E-state index in [1.807, 2.05) is 12.1 Å². The molecule has 2 aliphatic rings. The van der Waals surface area contributed by atoms with Gasteiger partial charge < -0.3 is 19.5 Å². The summed E-state index contributed by atoms with van der Waals surface area (Å²) >= 11 is 0. The average molecular weight is 428 g/mol. The number of para-hydroxylation sites is 1. The Morgan fingerprint density at radius 2 is 1.88 bits per heavy atom. The molecule has 0 fully saturated rings. The molecule has 0 atom stereocenters. The first-order chi connectivity index (χ1) is 15.5. The molecule has 0 saturated carbocycles. The van der Waals surface area contributed by atoms with Crippen molar-refractivity contribution in [2.75, 3.05) is 4.90 Å². The number of rotatable bonds is 2. The summed E-state index contributed by atoms with van der Waals surface area (Å²) in [5, 5.41) is 10.4. The molecule has 2 aromatic carbocycles. The highest BCUT2D eigenvalue weighted by Crippen LogP contribution is 2.42. The molecule has 0 amide bonds. The van der Waals surface area contributed by atoms with Gasteiger partial charge in [0.1, 0.15) is 22.9 Å². The zero-order valence-corrected chi connectivity index (χ0v) is 16.9. The van der Waals surface area contributed by atoms with Gasteiger partial charge in [-0.2, -0.15) is 0 Å². The van der Waals surface area contributed by atoms with Crippen LogP contribution in [0.5, 0.6) is 17.2 Å². The number of esters is 1. The maximum Gasteiger partial charge on any atom is 0.308 e. The second-order valence-corrected chi connectivity index (χ2v) is 7.27. The molecule has 8 nitrogen and oxygen atoms in total. The predicted octanol–water partition coefficient (Wildman–Crippen LogP) is 3.40.